The smallest absolute Gasteiger partial charge is 0.0497 e. The van der Waals surface area contributed by atoms with E-state index in [9.17, 15) is 0 Å². The number of anilines is 6. The van der Waals surface area contributed by atoms with Crippen LogP contribution in [0.15, 0.2) is 170 Å². The monoisotopic (exact) mass is 676 g/mol. The van der Waals surface area contributed by atoms with Gasteiger partial charge in [0.25, 0.3) is 0 Å². The maximum Gasteiger partial charge on any atom is 0.0497 e. The van der Waals surface area contributed by atoms with Crippen molar-refractivity contribution in [2.24, 2.45) is 0 Å². The van der Waals surface area contributed by atoms with Crippen LogP contribution in [0.1, 0.15) is 22.3 Å². The molecule has 0 unspecified atom stereocenters. The molecule has 2 aromatic heterocycles. The Morgan fingerprint density at radius 3 is 1.24 bits per heavy atom. The first-order valence-corrected chi connectivity index (χ1v) is 18.7. The standard InChI is InChI=1S/C46H32N2S2/c1-5-16-39-32(10-1)28-33-11-2-6-17-40(33)47(39)37-22-20-31(21-23-37)43-24-26-45(49-43)46-27-25-44(50-46)36-14-9-15-38(30-36)48-41-18-7-3-12-34(41)29-35-13-4-8-19-42(35)48/h1-27,30H,28-29H2. The lowest BCUT2D eigenvalue weighted by Crippen LogP contribution is -2.18. The zero-order valence-corrected chi connectivity index (χ0v) is 28.9. The highest BCUT2D eigenvalue weighted by molar-refractivity contribution is 7.25. The van der Waals surface area contributed by atoms with Gasteiger partial charge in [0.05, 0.1) is 0 Å². The van der Waals surface area contributed by atoms with Crippen molar-refractivity contribution < 1.29 is 0 Å². The molecule has 0 amide bonds. The number of hydrogen-bond donors (Lipinski definition) is 0. The summed E-state index contributed by atoms with van der Waals surface area (Å²) in [5, 5.41) is 0. The van der Waals surface area contributed by atoms with E-state index in [0.29, 0.717) is 0 Å². The molecule has 50 heavy (non-hydrogen) atoms. The van der Waals surface area contributed by atoms with Crippen molar-refractivity contribution in [1.82, 2.24) is 0 Å². The Bertz CT molecular complexity index is 2430. The quantitative estimate of drug-likeness (QED) is 0.179. The molecule has 0 saturated heterocycles. The van der Waals surface area contributed by atoms with Crippen molar-refractivity contribution >= 4 is 56.8 Å². The highest BCUT2D eigenvalue weighted by Gasteiger charge is 2.25. The van der Waals surface area contributed by atoms with Crippen LogP contribution in [0.5, 0.6) is 0 Å². The number of benzene rings is 6. The number of fused-ring (bicyclic) bond motifs is 4. The Morgan fingerprint density at radius 1 is 0.320 bits per heavy atom. The fraction of sp³-hybridized carbons (Fsp3) is 0.0435. The van der Waals surface area contributed by atoms with Gasteiger partial charge in [0.2, 0.25) is 0 Å². The first kappa shape index (κ1) is 29.3. The number of rotatable bonds is 5. The van der Waals surface area contributed by atoms with Gasteiger partial charge in [0.15, 0.2) is 0 Å². The minimum absolute atomic E-state index is 0.964. The fourth-order valence-corrected chi connectivity index (χ4v) is 9.67. The lowest BCUT2D eigenvalue weighted by atomic mass is 9.95. The average molecular weight is 677 g/mol. The molecule has 8 aromatic rings. The number of nitrogens with zero attached hydrogens (tertiary/aromatic N) is 2. The van der Waals surface area contributed by atoms with Crippen molar-refractivity contribution in [2.45, 2.75) is 12.8 Å². The zero-order chi connectivity index (χ0) is 33.0. The van der Waals surface area contributed by atoms with Gasteiger partial charge in [-0.05, 0) is 106 Å². The van der Waals surface area contributed by atoms with Crippen LogP contribution in [-0.2, 0) is 12.8 Å². The topological polar surface area (TPSA) is 6.48 Å². The molecule has 6 aromatic carbocycles. The van der Waals surface area contributed by atoms with Gasteiger partial charge in [-0.1, -0.05) is 97.1 Å². The van der Waals surface area contributed by atoms with Crippen LogP contribution >= 0.6 is 22.7 Å². The third-order valence-electron chi connectivity index (χ3n) is 9.95. The summed E-state index contributed by atoms with van der Waals surface area (Å²) in [6, 6.07) is 62.3. The van der Waals surface area contributed by atoms with Crippen LogP contribution in [0, 0.1) is 0 Å². The predicted molar refractivity (Wildman–Crippen MR) is 213 cm³/mol. The van der Waals surface area contributed by atoms with E-state index in [1.807, 2.05) is 22.7 Å². The highest BCUT2D eigenvalue weighted by atomic mass is 32.1. The van der Waals surface area contributed by atoms with E-state index in [0.717, 1.165) is 12.8 Å². The van der Waals surface area contributed by atoms with E-state index < -0.39 is 0 Å². The third-order valence-corrected chi connectivity index (χ3v) is 12.4. The second kappa shape index (κ2) is 12.0. The van der Waals surface area contributed by atoms with Gasteiger partial charge in [-0.15, -0.1) is 22.7 Å². The molecule has 0 spiro atoms. The van der Waals surface area contributed by atoms with Crippen molar-refractivity contribution in [3.8, 4) is 30.6 Å². The third kappa shape index (κ3) is 4.99. The molecule has 0 N–H and O–H groups in total. The summed E-state index contributed by atoms with van der Waals surface area (Å²) in [5.41, 5.74) is 15.4. The van der Waals surface area contributed by atoms with E-state index >= 15 is 0 Å². The Labute approximate surface area is 300 Å². The molecule has 0 atom stereocenters. The molecule has 2 aliphatic rings. The number of thiophene rings is 2. The van der Waals surface area contributed by atoms with E-state index in [2.05, 4.69) is 180 Å². The van der Waals surface area contributed by atoms with Gasteiger partial charge >= 0.3 is 0 Å². The van der Waals surface area contributed by atoms with Gasteiger partial charge in [-0.3, -0.25) is 0 Å². The molecule has 4 heteroatoms. The summed E-state index contributed by atoms with van der Waals surface area (Å²) in [7, 11) is 0. The van der Waals surface area contributed by atoms with Crippen molar-refractivity contribution in [3.63, 3.8) is 0 Å². The molecule has 0 fully saturated rings. The van der Waals surface area contributed by atoms with Crippen LogP contribution in [0.3, 0.4) is 0 Å². The van der Waals surface area contributed by atoms with E-state index in [1.54, 1.807) is 0 Å². The van der Waals surface area contributed by atoms with Gasteiger partial charge in [0.1, 0.15) is 0 Å². The maximum atomic E-state index is 2.42. The van der Waals surface area contributed by atoms with Crippen LogP contribution in [-0.4, -0.2) is 0 Å². The molecular weight excluding hydrogens is 645 g/mol. The van der Waals surface area contributed by atoms with Crippen molar-refractivity contribution in [3.05, 3.63) is 192 Å². The minimum Gasteiger partial charge on any atom is -0.310 e. The number of hydrogen-bond acceptors (Lipinski definition) is 4. The fourth-order valence-electron chi connectivity index (χ4n) is 7.56. The predicted octanol–water partition coefficient (Wildman–Crippen LogP) is 13.6. The minimum atomic E-state index is 0.964. The van der Waals surface area contributed by atoms with Gasteiger partial charge in [-0.25, -0.2) is 0 Å². The molecule has 2 nitrogen and oxygen atoms in total. The van der Waals surface area contributed by atoms with Crippen LogP contribution in [0.4, 0.5) is 34.1 Å². The lowest BCUT2D eigenvalue weighted by molar-refractivity contribution is 1.09. The lowest BCUT2D eigenvalue weighted by Gasteiger charge is -2.33. The SMILES string of the molecule is c1cc(-c2ccc(-c3ccc(-c4ccc(N5c6ccccc6Cc6ccccc65)cc4)s3)s2)cc(N2c3ccccc3Cc3ccccc32)c1. The largest absolute Gasteiger partial charge is 0.310 e. The number of para-hydroxylation sites is 4. The Hall–Kier alpha value is -5.68. The first-order chi connectivity index (χ1) is 24.8. The first-order valence-electron chi connectivity index (χ1n) is 17.1. The van der Waals surface area contributed by atoms with Gasteiger partial charge in [-0.2, -0.15) is 0 Å². The average Bonchev–Trinajstić information content (AvgIpc) is 3.87. The molecule has 0 saturated carbocycles. The molecule has 0 aliphatic carbocycles. The van der Waals surface area contributed by atoms with Crippen molar-refractivity contribution in [2.75, 3.05) is 9.80 Å². The Morgan fingerprint density at radius 2 is 0.740 bits per heavy atom. The summed E-state index contributed by atoms with van der Waals surface area (Å²) in [4.78, 5) is 9.99. The van der Waals surface area contributed by atoms with E-state index in [4.69, 9.17) is 0 Å². The second-order valence-corrected chi connectivity index (χ2v) is 15.1. The van der Waals surface area contributed by atoms with Crippen LogP contribution < -0.4 is 9.80 Å². The zero-order valence-electron chi connectivity index (χ0n) is 27.3. The summed E-state index contributed by atoms with van der Waals surface area (Å²) < 4.78 is 0. The van der Waals surface area contributed by atoms with Crippen LogP contribution in [0.25, 0.3) is 30.6 Å². The second-order valence-electron chi connectivity index (χ2n) is 13.0. The molecule has 2 aliphatic heterocycles. The Balaban J connectivity index is 0.929. The molecular formula is C46H32N2S2. The molecule has 0 bridgehead atoms. The molecule has 0 radical (unpaired) electrons. The van der Waals surface area contributed by atoms with Crippen molar-refractivity contribution in [1.29, 1.82) is 0 Å². The van der Waals surface area contributed by atoms with E-state index in [1.165, 1.54) is 87.0 Å². The molecule has 238 valence electrons. The van der Waals surface area contributed by atoms with Gasteiger partial charge in [0, 0.05) is 66.5 Å². The molecule has 4 heterocycles. The summed E-state index contributed by atoms with van der Waals surface area (Å²) in [6.07, 6.45) is 1.93. The summed E-state index contributed by atoms with van der Waals surface area (Å²) in [6.45, 7) is 0. The normalized spacial score (nSPS) is 13.0. The summed E-state index contributed by atoms with van der Waals surface area (Å²) in [5.74, 6) is 0. The maximum absolute atomic E-state index is 2.42. The Kier molecular flexibility index (Phi) is 7.04. The van der Waals surface area contributed by atoms with Crippen LogP contribution in [0.2, 0.25) is 0 Å². The highest BCUT2D eigenvalue weighted by Crippen LogP contribution is 2.47. The molecule has 10 rings (SSSR count). The van der Waals surface area contributed by atoms with E-state index in [-0.39, 0.29) is 0 Å². The summed E-state index contributed by atoms with van der Waals surface area (Å²) >= 11 is 3.73. The van der Waals surface area contributed by atoms with Gasteiger partial charge < -0.3 is 9.80 Å².